The highest BCUT2D eigenvalue weighted by molar-refractivity contribution is 7.51. The number of phenolic OH excluding ortho intramolecular Hbond substituents is 1. The fourth-order valence-electron chi connectivity index (χ4n) is 2.64. The van der Waals surface area contributed by atoms with E-state index in [4.69, 9.17) is 19.3 Å². The largest absolute Gasteiger partial charge is 0.506 e. The number of carbonyl (C=O) groups excluding carboxylic acids is 1. The number of carbonyl (C=O) groups is 1. The smallest absolute Gasteiger partial charge is 0.342 e. The van der Waals surface area contributed by atoms with E-state index in [2.05, 4.69) is 0 Å². The number of rotatable bonds is 5. The summed E-state index contributed by atoms with van der Waals surface area (Å²) < 4.78 is 21.3. The zero-order chi connectivity index (χ0) is 17.4. The van der Waals surface area contributed by atoms with Crippen LogP contribution in [-0.2, 0) is 15.9 Å². The van der Waals surface area contributed by atoms with Gasteiger partial charge in [-0.2, -0.15) is 0 Å². The molecule has 1 aliphatic heterocycles. The molecule has 0 aromatic heterocycles. The molecule has 1 atom stereocenters. The van der Waals surface area contributed by atoms with Crippen LogP contribution in [0.4, 0.5) is 0 Å². The second-order valence-corrected chi connectivity index (χ2v) is 7.23. The Balaban J connectivity index is 2.46. The van der Waals surface area contributed by atoms with Gasteiger partial charge >= 0.3 is 13.6 Å². The van der Waals surface area contributed by atoms with Crippen LogP contribution >= 0.6 is 7.60 Å². The molecule has 0 saturated carbocycles. The minimum atomic E-state index is -4.13. The van der Waals surface area contributed by atoms with Crippen LogP contribution in [0.5, 0.6) is 11.5 Å². The number of ether oxygens (including phenoxy) is 2. The van der Waals surface area contributed by atoms with Crippen LogP contribution in [-0.4, -0.2) is 34.1 Å². The molecule has 1 unspecified atom stereocenters. The number of methoxy groups -OCH3 is 1. The molecule has 1 aliphatic rings. The second-order valence-electron chi connectivity index (χ2n) is 5.53. The Morgan fingerprint density at radius 2 is 2.09 bits per heavy atom. The third-order valence-corrected chi connectivity index (χ3v) is 4.76. The highest BCUT2D eigenvalue weighted by Gasteiger charge is 2.31. The van der Waals surface area contributed by atoms with E-state index >= 15 is 0 Å². The zero-order valence-corrected chi connectivity index (χ0v) is 14.0. The fourth-order valence-corrected chi connectivity index (χ4v) is 3.51. The Kier molecular flexibility index (Phi) is 4.84. The normalized spacial score (nSPS) is 15.6. The average molecular weight is 342 g/mol. The number of esters is 1. The first-order chi connectivity index (χ1) is 10.7. The molecule has 0 fully saturated rings. The summed E-state index contributed by atoms with van der Waals surface area (Å²) in [6.45, 7) is 3.49. The summed E-state index contributed by atoms with van der Waals surface area (Å²) in [4.78, 5) is 29.7. The van der Waals surface area contributed by atoms with Crippen molar-refractivity contribution in [3.05, 3.63) is 28.3 Å². The summed E-state index contributed by atoms with van der Waals surface area (Å²) in [5.74, 6) is -0.856. The lowest BCUT2D eigenvalue weighted by atomic mass is 9.96. The first kappa shape index (κ1) is 17.5. The third-order valence-electron chi connectivity index (χ3n) is 3.70. The molecule has 126 valence electrons. The van der Waals surface area contributed by atoms with E-state index in [9.17, 15) is 14.5 Å². The quantitative estimate of drug-likeness (QED) is 0.555. The number of hydrogen-bond donors (Lipinski definition) is 3. The summed E-state index contributed by atoms with van der Waals surface area (Å²) in [5, 5.41) is 10.4. The predicted octanol–water partition coefficient (Wildman–Crippen LogP) is 2.21. The van der Waals surface area contributed by atoms with Crippen molar-refractivity contribution >= 4 is 19.6 Å². The van der Waals surface area contributed by atoms with Crippen LogP contribution in [0.1, 0.15) is 34.0 Å². The molecule has 7 nitrogen and oxygen atoms in total. The van der Waals surface area contributed by atoms with Gasteiger partial charge in [0.2, 0.25) is 0 Å². The fraction of sp³-hybridized carbons (Fsp3) is 0.400. The number of cyclic esters (lactones) is 1. The van der Waals surface area contributed by atoms with Crippen LogP contribution in [0, 0.1) is 12.8 Å². The van der Waals surface area contributed by atoms with Gasteiger partial charge in [0.25, 0.3) is 0 Å². The van der Waals surface area contributed by atoms with E-state index in [1.54, 1.807) is 19.9 Å². The van der Waals surface area contributed by atoms with Gasteiger partial charge in [0.15, 0.2) is 0 Å². The minimum absolute atomic E-state index is 0.0858. The Morgan fingerprint density at radius 3 is 2.65 bits per heavy atom. The average Bonchev–Trinajstić information content (AvgIpc) is 2.81. The SMILES string of the molecule is COc1c(C)c2c(c(O)c1/C=C/C(C)CP(=O)(O)O)C(=O)OC2. The van der Waals surface area contributed by atoms with Gasteiger partial charge in [-0.05, 0) is 18.4 Å². The van der Waals surface area contributed by atoms with E-state index in [0.717, 1.165) is 0 Å². The Bertz CT molecular complexity index is 717. The van der Waals surface area contributed by atoms with Crippen LogP contribution in [0.25, 0.3) is 6.08 Å². The summed E-state index contributed by atoms with van der Waals surface area (Å²) >= 11 is 0. The molecule has 1 aromatic carbocycles. The topological polar surface area (TPSA) is 113 Å². The molecule has 23 heavy (non-hydrogen) atoms. The van der Waals surface area contributed by atoms with Crippen LogP contribution < -0.4 is 4.74 Å². The van der Waals surface area contributed by atoms with E-state index in [1.807, 2.05) is 0 Å². The highest BCUT2D eigenvalue weighted by atomic mass is 31.2. The van der Waals surface area contributed by atoms with E-state index < -0.39 is 19.5 Å². The predicted molar refractivity (Wildman–Crippen MR) is 83.6 cm³/mol. The van der Waals surface area contributed by atoms with Gasteiger partial charge in [-0.1, -0.05) is 19.1 Å². The van der Waals surface area contributed by atoms with Gasteiger partial charge in [-0.25, -0.2) is 4.79 Å². The molecule has 0 saturated heterocycles. The van der Waals surface area contributed by atoms with Gasteiger partial charge in [0, 0.05) is 5.56 Å². The Hall–Kier alpha value is -1.82. The summed E-state index contributed by atoms with van der Waals surface area (Å²) in [6, 6.07) is 0. The van der Waals surface area contributed by atoms with E-state index in [-0.39, 0.29) is 24.1 Å². The molecule has 8 heteroatoms. The van der Waals surface area contributed by atoms with Gasteiger partial charge in [0.05, 0.1) is 18.8 Å². The molecule has 0 amide bonds. The monoisotopic (exact) mass is 342 g/mol. The third kappa shape index (κ3) is 3.58. The molecular weight excluding hydrogens is 323 g/mol. The van der Waals surface area contributed by atoms with Gasteiger partial charge in [-0.15, -0.1) is 0 Å². The van der Waals surface area contributed by atoms with Crippen molar-refractivity contribution in [3.8, 4) is 11.5 Å². The number of phenols is 1. The number of fused-ring (bicyclic) bond motifs is 1. The molecular formula is C15H19O7P. The lowest BCUT2D eigenvalue weighted by molar-refractivity contribution is 0.0533. The molecule has 0 bridgehead atoms. The summed E-state index contributed by atoms with van der Waals surface area (Å²) in [7, 11) is -2.68. The molecule has 1 heterocycles. The summed E-state index contributed by atoms with van der Waals surface area (Å²) in [5.41, 5.74) is 1.68. The second kappa shape index (κ2) is 6.35. The van der Waals surface area contributed by atoms with Crippen molar-refractivity contribution < 1.29 is 33.7 Å². The molecule has 0 aliphatic carbocycles. The molecule has 0 spiro atoms. The lowest BCUT2D eigenvalue weighted by Gasteiger charge is -2.15. The van der Waals surface area contributed by atoms with Gasteiger partial charge in [0.1, 0.15) is 23.7 Å². The van der Waals surface area contributed by atoms with E-state index in [1.165, 1.54) is 13.2 Å². The summed E-state index contributed by atoms with van der Waals surface area (Å²) in [6.07, 6.45) is 2.76. The molecule has 3 N–H and O–H groups in total. The number of hydrogen-bond acceptors (Lipinski definition) is 5. The van der Waals surface area contributed by atoms with Crippen molar-refractivity contribution in [1.29, 1.82) is 0 Å². The minimum Gasteiger partial charge on any atom is -0.506 e. The number of allylic oxidation sites excluding steroid dienone is 1. The maximum atomic E-state index is 11.8. The number of aromatic hydroxyl groups is 1. The van der Waals surface area contributed by atoms with Crippen molar-refractivity contribution in [3.63, 3.8) is 0 Å². The zero-order valence-electron chi connectivity index (χ0n) is 13.1. The standard InChI is InChI=1S/C15H19O7P/c1-8(7-23(18,19)20)4-5-10-13(16)12-11(6-22-15(12)17)9(2)14(10)21-3/h4-5,8,16H,6-7H2,1-3H3,(H2,18,19,20)/b5-4+. The van der Waals surface area contributed by atoms with Crippen molar-refractivity contribution in [2.75, 3.05) is 13.3 Å². The van der Waals surface area contributed by atoms with Gasteiger partial charge < -0.3 is 24.4 Å². The van der Waals surface area contributed by atoms with E-state index in [0.29, 0.717) is 22.4 Å². The molecule has 2 rings (SSSR count). The van der Waals surface area contributed by atoms with Crippen LogP contribution in [0.15, 0.2) is 6.08 Å². The van der Waals surface area contributed by atoms with Crippen LogP contribution in [0.2, 0.25) is 0 Å². The first-order valence-corrected chi connectivity index (χ1v) is 8.77. The van der Waals surface area contributed by atoms with Crippen molar-refractivity contribution in [1.82, 2.24) is 0 Å². The maximum Gasteiger partial charge on any atom is 0.342 e. The van der Waals surface area contributed by atoms with Crippen molar-refractivity contribution in [2.24, 2.45) is 5.92 Å². The Labute approximate surface area is 133 Å². The Morgan fingerprint density at radius 1 is 1.43 bits per heavy atom. The molecule has 1 aromatic rings. The first-order valence-electron chi connectivity index (χ1n) is 6.98. The van der Waals surface area contributed by atoms with Gasteiger partial charge in [-0.3, -0.25) is 4.57 Å². The lowest BCUT2D eigenvalue weighted by Crippen LogP contribution is -2.02. The maximum absolute atomic E-state index is 11.8. The molecule has 0 radical (unpaired) electrons. The van der Waals surface area contributed by atoms with Crippen molar-refractivity contribution in [2.45, 2.75) is 20.5 Å². The van der Waals surface area contributed by atoms with Crippen LogP contribution in [0.3, 0.4) is 0 Å². The highest BCUT2D eigenvalue weighted by Crippen LogP contribution is 2.43. The number of benzene rings is 1.